The first-order valence-electron chi connectivity index (χ1n) is 5.92. The van der Waals surface area contributed by atoms with Crippen LogP contribution in [-0.2, 0) is 11.3 Å². The van der Waals surface area contributed by atoms with E-state index in [4.69, 9.17) is 4.74 Å². The van der Waals surface area contributed by atoms with E-state index in [1.54, 1.807) is 19.5 Å². The minimum absolute atomic E-state index is 0.161. The molecule has 1 aromatic rings. The average Bonchev–Trinajstić information content (AvgIpc) is 2.34. The topological polar surface area (TPSA) is 59.1 Å². The summed E-state index contributed by atoms with van der Waals surface area (Å²) in [6.45, 7) is 7.68. The van der Waals surface area contributed by atoms with Gasteiger partial charge < -0.3 is 15.4 Å². The molecule has 1 heterocycles. The Hall–Kier alpha value is -1.20. The van der Waals surface area contributed by atoms with Crippen LogP contribution in [-0.4, -0.2) is 35.8 Å². The Morgan fingerprint density at radius 2 is 2.06 bits per heavy atom. The van der Waals surface area contributed by atoms with E-state index in [2.05, 4.69) is 34.4 Å². The smallest absolute Gasteiger partial charge is 0.144 e. The fourth-order valence-corrected chi connectivity index (χ4v) is 1.22. The summed E-state index contributed by atoms with van der Waals surface area (Å²) in [5.41, 5.74) is 0.939. The minimum Gasteiger partial charge on any atom is -0.380 e. The van der Waals surface area contributed by atoms with Gasteiger partial charge in [-0.3, -0.25) is 4.98 Å². The summed E-state index contributed by atoms with van der Waals surface area (Å²) in [5, 5.41) is 6.51. The second-order valence-corrected chi connectivity index (χ2v) is 4.36. The molecule has 0 bridgehead atoms. The molecule has 5 heteroatoms. The molecule has 17 heavy (non-hydrogen) atoms. The van der Waals surface area contributed by atoms with Gasteiger partial charge in [0.25, 0.3) is 0 Å². The molecular formula is C12H22N4O. The van der Waals surface area contributed by atoms with E-state index in [1.807, 2.05) is 6.92 Å². The summed E-state index contributed by atoms with van der Waals surface area (Å²) in [7, 11) is 1.70. The summed E-state index contributed by atoms with van der Waals surface area (Å²) in [6.07, 6.45) is 3.66. The van der Waals surface area contributed by atoms with Crippen LogP contribution in [0.5, 0.6) is 0 Å². The van der Waals surface area contributed by atoms with Crippen molar-refractivity contribution in [1.82, 2.24) is 15.3 Å². The van der Waals surface area contributed by atoms with Crippen molar-refractivity contribution in [3.05, 3.63) is 18.1 Å². The van der Waals surface area contributed by atoms with E-state index >= 15 is 0 Å². The molecular weight excluding hydrogens is 216 g/mol. The van der Waals surface area contributed by atoms with Gasteiger partial charge in [-0.25, -0.2) is 4.98 Å². The van der Waals surface area contributed by atoms with Crippen LogP contribution < -0.4 is 10.6 Å². The number of nitrogens with zero attached hydrogens (tertiary/aromatic N) is 2. The van der Waals surface area contributed by atoms with Crippen molar-refractivity contribution in [3.63, 3.8) is 0 Å². The first-order chi connectivity index (χ1) is 8.11. The summed E-state index contributed by atoms with van der Waals surface area (Å²) in [5.74, 6) is 0.789. The Labute approximate surface area is 103 Å². The number of nitrogens with one attached hydrogen (secondary N) is 2. The van der Waals surface area contributed by atoms with Gasteiger partial charge in [0.15, 0.2) is 0 Å². The van der Waals surface area contributed by atoms with Crippen molar-refractivity contribution in [1.29, 1.82) is 0 Å². The Morgan fingerprint density at radius 1 is 1.29 bits per heavy atom. The van der Waals surface area contributed by atoms with Crippen molar-refractivity contribution in [2.45, 2.75) is 39.5 Å². The van der Waals surface area contributed by atoms with Crippen molar-refractivity contribution < 1.29 is 4.74 Å². The van der Waals surface area contributed by atoms with E-state index in [0.29, 0.717) is 6.04 Å². The second kappa shape index (κ2) is 7.19. The maximum Gasteiger partial charge on any atom is 0.144 e. The molecule has 0 fully saturated rings. The summed E-state index contributed by atoms with van der Waals surface area (Å²) >= 11 is 0. The molecule has 1 rings (SSSR count). The molecule has 0 aromatic carbocycles. The molecule has 0 saturated carbocycles. The molecule has 1 atom stereocenters. The quantitative estimate of drug-likeness (QED) is 0.752. The van der Waals surface area contributed by atoms with Crippen LogP contribution in [0.3, 0.4) is 0 Å². The summed E-state index contributed by atoms with van der Waals surface area (Å²) in [4.78, 5) is 8.62. The zero-order valence-corrected chi connectivity index (χ0v) is 11.0. The monoisotopic (exact) mass is 238 g/mol. The second-order valence-electron chi connectivity index (χ2n) is 4.36. The molecule has 2 N–H and O–H groups in total. The van der Waals surface area contributed by atoms with Gasteiger partial charge in [0.1, 0.15) is 5.82 Å². The molecule has 1 unspecified atom stereocenters. The SMILES string of the molecule is COC(C)CNc1cncc(CNC(C)C)n1. The van der Waals surface area contributed by atoms with Gasteiger partial charge in [0.05, 0.1) is 18.0 Å². The molecule has 0 spiro atoms. The van der Waals surface area contributed by atoms with Gasteiger partial charge >= 0.3 is 0 Å². The van der Waals surface area contributed by atoms with Gasteiger partial charge in [-0.05, 0) is 6.92 Å². The Balaban J connectivity index is 2.47. The van der Waals surface area contributed by atoms with Crippen LogP contribution in [0.2, 0.25) is 0 Å². The van der Waals surface area contributed by atoms with Crippen molar-refractivity contribution in [3.8, 4) is 0 Å². The van der Waals surface area contributed by atoms with Gasteiger partial charge in [-0.15, -0.1) is 0 Å². The zero-order chi connectivity index (χ0) is 12.7. The highest BCUT2D eigenvalue weighted by Crippen LogP contribution is 2.03. The predicted molar refractivity (Wildman–Crippen MR) is 69.0 cm³/mol. The minimum atomic E-state index is 0.161. The summed E-state index contributed by atoms with van der Waals surface area (Å²) < 4.78 is 5.16. The van der Waals surface area contributed by atoms with Crippen LogP contribution in [0.4, 0.5) is 5.82 Å². The van der Waals surface area contributed by atoms with Gasteiger partial charge in [0, 0.05) is 32.4 Å². The Bertz CT molecular complexity index is 330. The number of aromatic nitrogens is 2. The van der Waals surface area contributed by atoms with Gasteiger partial charge in [0.2, 0.25) is 0 Å². The molecule has 5 nitrogen and oxygen atoms in total. The largest absolute Gasteiger partial charge is 0.380 e. The molecule has 0 saturated heterocycles. The lowest BCUT2D eigenvalue weighted by Gasteiger charge is -2.12. The lowest BCUT2D eigenvalue weighted by molar-refractivity contribution is 0.128. The normalized spacial score (nSPS) is 12.8. The molecule has 0 radical (unpaired) electrons. The van der Waals surface area contributed by atoms with E-state index in [1.165, 1.54) is 0 Å². The maximum atomic E-state index is 5.16. The highest BCUT2D eigenvalue weighted by atomic mass is 16.5. The number of rotatable bonds is 7. The third kappa shape index (κ3) is 5.60. The number of ether oxygens (including phenoxy) is 1. The zero-order valence-electron chi connectivity index (χ0n) is 11.0. The fraction of sp³-hybridized carbons (Fsp3) is 0.667. The maximum absolute atomic E-state index is 5.16. The van der Waals surface area contributed by atoms with E-state index in [0.717, 1.165) is 24.6 Å². The van der Waals surface area contributed by atoms with Gasteiger partial charge in [-0.2, -0.15) is 0 Å². The predicted octanol–water partition coefficient (Wildman–Crippen LogP) is 1.42. The third-order valence-electron chi connectivity index (χ3n) is 2.35. The molecule has 0 aliphatic heterocycles. The fourth-order valence-electron chi connectivity index (χ4n) is 1.22. The standard InChI is InChI=1S/C12H22N4O/c1-9(2)14-7-11-6-13-8-12(16-11)15-5-10(3)17-4/h6,8-10,14H,5,7H2,1-4H3,(H,15,16). The van der Waals surface area contributed by atoms with Crippen LogP contribution in [0.25, 0.3) is 0 Å². The van der Waals surface area contributed by atoms with E-state index < -0.39 is 0 Å². The third-order valence-corrected chi connectivity index (χ3v) is 2.35. The van der Waals surface area contributed by atoms with Crippen molar-refractivity contribution in [2.75, 3.05) is 19.0 Å². The molecule has 1 aromatic heterocycles. The van der Waals surface area contributed by atoms with E-state index in [9.17, 15) is 0 Å². The number of methoxy groups -OCH3 is 1. The summed E-state index contributed by atoms with van der Waals surface area (Å²) in [6, 6.07) is 0.446. The highest BCUT2D eigenvalue weighted by molar-refractivity contribution is 5.31. The Kier molecular flexibility index (Phi) is 5.86. The lowest BCUT2D eigenvalue weighted by atomic mass is 10.3. The average molecular weight is 238 g/mol. The Morgan fingerprint density at radius 3 is 2.71 bits per heavy atom. The number of hydrogen-bond donors (Lipinski definition) is 2. The van der Waals surface area contributed by atoms with Crippen LogP contribution >= 0.6 is 0 Å². The van der Waals surface area contributed by atoms with Crippen molar-refractivity contribution >= 4 is 5.82 Å². The van der Waals surface area contributed by atoms with Gasteiger partial charge in [-0.1, -0.05) is 13.8 Å². The van der Waals surface area contributed by atoms with E-state index in [-0.39, 0.29) is 6.10 Å². The molecule has 96 valence electrons. The van der Waals surface area contributed by atoms with Crippen LogP contribution in [0.1, 0.15) is 26.5 Å². The van der Waals surface area contributed by atoms with Crippen LogP contribution in [0, 0.1) is 0 Å². The molecule has 0 aliphatic rings. The first kappa shape index (κ1) is 13.9. The molecule has 0 amide bonds. The van der Waals surface area contributed by atoms with Crippen molar-refractivity contribution in [2.24, 2.45) is 0 Å². The number of hydrogen-bond acceptors (Lipinski definition) is 5. The number of anilines is 1. The van der Waals surface area contributed by atoms with Crippen LogP contribution in [0.15, 0.2) is 12.4 Å². The molecule has 0 aliphatic carbocycles. The highest BCUT2D eigenvalue weighted by Gasteiger charge is 2.02. The lowest BCUT2D eigenvalue weighted by Crippen LogP contribution is -2.23. The first-order valence-corrected chi connectivity index (χ1v) is 5.92.